The molecule has 0 saturated carbocycles. The first-order valence-corrected chi connectivity index (χ1v) is 6.82. The van der Waals surface area contributed by atoms with E-state index in [-0.39, 0.29) is 11.5 Å². The summed E-state index contributed by atoms with van der Waals surface area (Å²) in [7, 11) is 0. The first-order chi connectivity index (χ1) is 10.1. The van der Waals surface area contributed by atoms with Gasteiger partial charge in [0.15, 0.2) is 5.11 Å². The molecule has 2 aromatic rings. The van der Waals surface area contributed by atoms with Crippen LogP contribution in [0.5, 0.6) is 0 Å². The summed E-state index contributed by atoms with van der Waals surface area (Å²) in [5.74, 6) is -1.21. The molecule has 0 unspecified atom stereocenters. The van der Waals surface area contributed by atoms with Crippen LogP contribution >= 0.6 is 12.2 Å². The number of carboxylic acids is 1. The molecule has 2 rings (SSSR count). The highest BCUT2D eigenvalue weighted by molar-refractivity contribution is 7.80. The molecule has 1 heterocycles. The van der Waals surface area contributed by atoms with Gasteiger partial charge in [-0.3, -0.25) is 0 Å². The molecule has 7 heteroatoms. The number of carbonyl (C=O) groups is 1. The lowest BCUT2D eigenvalue weighted by Gasteiger charge is -2.21. The van der Waals surface area contributed by atoms with Crippen LogP contribution < -0.4 is 15.7 Å². The van der Waals surface area contributed by atoms with Crippen molar-refractivity contribution >= 4 is 23.3 Å². The fourth-order valence-corrected chi connectivity index (χ4v) is 2.01. The minimum Gasteiger partial charge on any atom is -0.548 e. The third kappa shape index (κ3) is 4.88. The summed E-state index contributed by atoms with van der Waals surface area (Å²) in [5.41, 5.74) is 1.75. The van der Waals surface area contributed by atoms with Crippen molar-refractivity contribution in [1.29, 1.82) is 0 Å². The van der Waals surface area contributed by atoms with Gasteiger partial charge in [0.2, 0.25) is 0 Å². The van der Waals surface area contributed by atoms with Gasteiger partial charge in [0.1, 0.15) is 0 Å². The molecule has 0 bridgehead atoms. The highest BCUT2D eigenvalue weighted by Gasteiger charge is 2.13. The van der Waals surface area contributed by atoms with Gasteiger partial charge in [0.05, 0.1) is 18.3 Å². The molecule has 110 valence electrons. The molecule has 0 fully saturated rings. The fourth-order valence-electron chi connectivity index (χ4n) is 1.80. The van der Waals surface area contributed by atoms with E-state index in [2.05, 4.69) is 20.6 Å². The Balaban J connectivity index is 1.85. The third-order valence-corrected chi connectivity index (χ3v) is 3.13. The molecule has 1 atom stereocenters. The summed E-state index contributed by atoms with van der Waals surface area (Å²) in [5, 5.41) is 17.1. The molecular weight excluding hydrogens is 288 g/mol. The van der Waals surface area contributed by atoms with Crippen LogP contribution in [-0.2, 0) is 17.8 Å². The number of hydrogen-bond acceptors (Lipinski definition) is 4. The normalized spacial score (nSPS) is 11.6. The summed E-state index contributed by atoms with van der Waals surface area (Å²) < 4.78 is 0. The Morgan fingerprint density at radius 3 is 2.76 bits per heavy atom. The topological polar surface area (TPSA) is 92.9 Å². The highest BCUT2D eigenvalue weighted by atomic mass is 32.1. The number of thiocarbonyl (C=S) groups is 1. The predicted molar refractivity (Wildman–Crippen MR) is 80.1 cm³/mol. The number of imidazole rings is 1. The van der Waals surface area contributed by atoms with Crippen LogP contribution in [0.2, 0.25) is 0 Å². The Bertz CT molecular complexity index is 586. The molecule has 3 N–H and O–H groups in total. The number of hydrogen-bond donors (Lipinski definition) is 3. The zero-order valence-electron chi connectivity index (χ0n) is 11.2. The van der Waals surface area contributed by atoms with Gasteiger partial charge < -0.3 is 25.5 Å². The van der Waals surface area contributed by atoms with E-state index in [1.807, 2.05) is 30.3 Å². The molecule has 0 saturated heterocycles. The van der Waals surface area contributed by atoms with E-state index in [1.165, 1.54) is 6.33 Å². The number of aliphatic carboxylic acids is 1. The molecule has 0 radical (unpaired) electrons. The molecule has 0 aliphatic heterocycles. The maximum Gasteiger partial charge on any atom is 0.167 e. The molecule has 0 aliphatic rings. The molecule has 6 nitrogen and oxygen atoms in total. The van der Waals surface area contributed by atoms with E-state index in [0.29, 0.717) is 12.2 Å². The van der Waals surface area contributed by atoms with Crippen molar-refractivity contribution in [2.75, 3.05) is 0 Å². The number of nitrogens with zero attached hydrogens (tertiary/aromatic N) is 1. The highest BCUT2D eigenvalue weighted by Crippen LogP contribution is 1.99. The van der Waals surface area contributed by atoms with Crippen LogP contribution in [0.25, 0.3) is 0 Å². The lowest BCUT2D eigenvalue weighted by atomic mass is 10.2. The Hall–Kier alpha value is -2.41. The number of carboxylic acid groups (broad SMARTS) is 1. The zero-order chi connectivity index (χ0) is 15.1. The summed E-state index contributed by atoms with van der Waals surface area (Å²) in [4.78, 5) is 17.8. The van der Waals surface area contributed by atoms with E-state index in [1.54, 1.807) is 6.20 Å². The second-order valence-corrected chi connectivity index (χ2v) is 4.87. The van der Waals surface area contributed by atoms with Gasteiger partial charge in [-0.25, -0.2) is 4.98 Å². The van der Waals surface area contributed by atoms with Crippen LogP contribution in [0.3, 0.4) is 0 Å². The number of benzene rings is 1. The Morgan fingerprint density at radius 2 is 2.14 bits per heavy atom. The molecule has 0 spiro atoms. The van der Waals surface area contributed by atoms with Gasteiger partial charge in [-0.2, -0.15) is 0 Å². The molecule has 1 aromatic carbocycles. The number of carbonyl (C=O) groups excluding carboxylic acids is 1. The number of aromatic amines is 1. The SMILES string of the molecule is O=C([O-])[C@@H](Cc1cnc[nH]1)NC(=S)NCc1ccccc1. The number of H-pyrrole nitrogens is 1. The van der Waals surface area contributed by atoms with Crippen LogP contribution in [0.15, 0.2) is 42.9 Å². The summed E-state index contributed by atoms with van der Waals surface area (Å²) in [6.45, 7) is 0.524. The second-order valence-electron chi connectivity index (χ2n) is 4.47. The van der Waals surface area contributed by atoms with Crippen molar-refractivity contribution in [3.8, 4) is 0 Å². The van der Waals surface area contributed by atoms with Crippen LogP contribution in [-0.4, -0.2) is 27.1 Å². The minimum atomic E-state index is -1.21. The zero-order valence-corrected chi connectivity index (χ0v) is 12.0. The van der Waals surface area contributed by atoms with Crippen molar-refractivity contribution in [2.24, 2.45) is 0 Å². The molecule has 1 aromatic heterocycles. The smallest absolute Gasteiger partial charge is 0.167 e. The fraction of sp³-hybridized carbons (Fsp3) is 0.214. The van der Waals surface area contributed by atoms with E-state index in [9.17, 15) is 9.90 Å². The minimum absolute atomic E-state index is 0.218. The molecule has 0 aliphatic carbocycles. The molecular formula is C14H15N4O2S-. The Kier molecular flexibility index (Phi) is 5.28. The molecule has 0 amide bonds. The predicted octanol–water partition coefficient (Wildman–Crippen LogP) is -0.265. The standard InChI is InChI=1S/C14H16N4O2S/c19-13(20)12(6-11-8-15-9-17-11)18-14(21)16-7-10-4-2-1-3-5-10/h1-5,8-9,12H,6-7H2,(H,15,17)(H,19,20)(H2,16,18,21)/p-1/t12-/m1/s1. The third-order valence-electron chi connectivity index (χ3n) is 2.86. The van der Waals surface area contributed by atoms with Crippen molar-refractivity contribution in [1.82, 2.24) is 20.6 Å². The van der Waals surface area contributed by atoms with Crippen LogP contribution in [0.4, 0.5) is 0 Å². The molecule has 21 heavy (non-hydrogen) atoms. The van der Waals surface area contributed by atoms with E-state index in [0.717, 1.165) is 5.56 Å². The number of nitrogens with one attached hydrogen (secondary N) is 3. The van der Waals surface area contributed by atoms with Crippen LogP contribution in [0, 0.1) is 0 Å². The van der Waals surface area contributed by atoms with Gasteiger partial charge in [-0.15, -0.1) is 0 Å². The average Bonchev–Trinajstić information content (AvgIpc) is 2.98. The first kappa shape index (κ1) is 15.0. The van der Waals surface area contributed by atoms with Gasteiger partial charge in [-0.05, 0) is 17.8 Å². The number of aromatic nitrogens is 2. The van der Waals surface area contributed by atoms with Crippen LogP contribution in [0.1, 0.15) is 11.3 Å². The van der Waals surface area contributed by atoms with Gasteiger partial charge >= 0.3 is 0 Å². The Morgan fingerprint density at radius 1 is 1.38 bits per heavy atom. The maximum absolute atomic E-state index is 11.1. The van der Waals surface area contributed by atoms with E-state index in [4.69, 9.17) is 12.2 Å². The summed E-state index contributed by atoms with van der Waals surface area (Å²) in [6, 6.07) is 8.77. The van der Waals surface area contributed by atoms with Crippen molar-refractivity contribution < 1.29 is 9.90 Å². The van der Waals surface area contributed by atoms with Gasteiger partial charge in [0, 0.05) is 24.9 Å². The lowest BCUT2D eigenvalue weighted by molar-refractivity contribution is -0.308. The van der Waals surface area contributed by atoms with Gasteiger partial charge in [-0.1, -0.05) is 30.3 Å². The van der Waals surface area contributed by atoms with Gasteiger partial charge in [0.25, 0.3) is 0 Å². The summed E-state index contributed by atoms with van der Waals surface area (Å²) in [6.07, 6.45) is 3.28. The Labute approximate surface area is 127 Å². The largest absolute Gasteiger partial charge is 0.548 e. The maximum atomic E-state index is 11.1. The van der Waals surface area contributed by atoms with E-state index < -0.39 is 12.0 Å². The number of rotatable bonds is 6. The second kappa shape index (κ2) is 7.39. The lowest BCUT2D eigenvalue weighted by Crippen LogP contribution is -2.51. The monoisotopic (exact) mass is 303 g/mol. The van der Waals surface area contributed by atoms with Crippen molar-refractivity contribution in [3.63, 3.8) is 0 Å². The van der Waals surface area contributed by atoms with Crippen molar-refractivity contribution in [2.45, 2.75) is 19.0 Å². The summed E-state index contributed by atoms with van der Waals surface area (Å²) >= 11 is 5.11. The van der Waals surface area contributed by atoms with E-state index >= 15 is 0 Å². The average molecular weight is 303 g/mol. The quantitative estimate of drug-likeness (QED) is 0.637. The van der Waals surface area contributed by atoms with Crippen molar-refractivity contribution in [3.05, 3.63) is 54.1 Å². The first-order valence-electron chi connectivity index (χ1n) is 6.41.